The zero-order valence-corrected chi connectivity index (χ0v) is 15.1. The highest BCUT2D eigenvalue weighted by Crippen LogP contribution is 2.21. The van der Waals surface area contributed by atoms with E-state index in [1.54, 1.807) is 6.20 Å². The van der Waals surface area contributed by atoms with Crippen molar-refractivity contribution >= 4 is 23.2 Å². The van der Waals surface area contributed by atoms with Crippen LogP contribution in [-0.4, -0.2) is 23.5 Å². The number of hydrogen-bond donors (Lipinski definition) is 2. The molecule has 3 rings (SSSR count). The van der Waals surface area contributed by atoms with E-state index < -0.39 is 0 Å². The Morgan fingerprint density at radius 2 is 1.88 bits per heavy atom. The maximum Gasteiger partial charge on any atom is 0.269 e. The molecular formula is C20H24ClN3O. The summed E-state index contributed by atoms with van der Waals surface area (Å²) in [6.45, 7) is 0.572. The lowest BCUT2D eigenvalue weighted by atomic mass is 9.95. The summed E-state index contributed by atoms with van der Waals surface area (Å²) in [4.78, 5) is 16.5. The Labute approximate surface area is 154 Å². The SMILES string of the molecule is O=C(NCCc1ccc(Cl)cc1)c1cc(NC2CCCCC2)ccn1. The van der Waals surface area contributed by atoms with Crippen LogP contribution in [0.5, 0.6) is 0 Å². The summed E-state index contributed by atoms with van der Waals surface area (Å²) in [6.07, 6.45) is 8.75. The molecule has 0 radical (unpaired) electrons. The summed E-state index contributed by atoms with van der Waals surface area (Å²) in [6, 6.07) is 12.0. The van der Waals surface area contributed by atoms with Crippen LogP contribution in [-0.2, 0) is 6.42 Å². The Balaban J connectivity index is 1.51. The molecule has 2 N–H and O–H groups in total. The molecule has 0 saturated heterocycles. The number of rotatable bonds is 6. The Morgan fingerprint density at radius 1 is 1.12 bits per heavy atom. The van der Waals surface area contributed by atoms with Crippen molar-refractivity contribution in [2.75, 3.05) is 11.9 Å². The van der Waals surface area contributed by atoms with Crippen molar-refractivity contribution in [1.29, 1.82) is 0 Å². The van der Waals surface area contributed by atoms with E-state index in [0.717, 1.165) is 22.7 Å². The summed E-state index contributed by atoms with van der Waals surface area (Å²) in [5.74, 6) is -0.138. The number of hydrogen-bond acceptors (Lipinski definition) is 3. The van der Waals surface area contributed by atoms with E-state index in [-0.39, 0.29) is 5.91 Å². The maximum atomic E-state index is 12.3. The van der Waals surface area contributed by atoms with Crippen molar-refractivity contribution in [2.24, 2.45) is 0 Å². The first kappa shape index (κ1) is 17.7. The van der Waals surface area contributed by atoms with Crippen LogP contribution in [0.1, 0.15) is 48.2 Å². The van der Waals surface area contributed by atoms with Gasteiger partial charge in [0, 0.05) is 29.5 Å². The number of anilines is 1. The zero-order valence-electron chi connectivity index (χ0n) is 14.3. The third kappa shape index (κ3) is 5.46. The summed E-state index contributed by atoms with van der Waals surface area (Å²) in [5, 5.41) is 7.18. The summed E-state index contributed by atoms with van der Waals surface area (Å²) < 4.78 is 0. The van der Waals surface area contributed by atoms with Crippen molar-refractivity contribution in [1.82, 2.24) is 10.3 Å². The predicted molar refractivity (Wildman–Crippen MR) is 102 cm³/mol. The highest BCUT2D eigenvalue weighted by molar-refractivity contribution is 6.30. The van der Waals surface area contributed by atoms with Gasteiger partial charge in [-0.3, -0.25) is 9.78 Å². The number of aromatic nitrogens is 1. The quantitative estimate of drug-likeness (QED) is 0.802. The number of nitrogens with zero attached hydrogens (tertiary/aromatic N) is 1. The number of carbonyl (C=O) groups excluding carboxylic acids is 1. The van der Waals surface area contributed by atoms with Crippen LogP contribution in [0, 0.1) is 0 Å². The van der Waals surface area contributed by atoms with Gasteiger partial charge in [-0.15, -0.1) is 0 Å². The fourth-order valence-electron chi connectivity index (χ4n) is 3.19. The molecule has 0 bridgehead atoms. The lowest BCUT2D eigenvalue weighted by Gasteiger charge is -2.23. The highest BCUT2D eigenvalue weighted by Gasteiger charge is 2.14. The molecule has 1 aliphatic rings. The minimum Gasteiger partial charge on any atom is -0.382 e. The van der Waals surface area contributed by atoms with E-state index in [9.17, 15) is 4.79 Å². The molecule has 25 heavy (non-hydrogen) atoms. The lowest BCUT2D eigenvalue weighted by Crippen LogP contribution is -2.27. The van der Waals surface area contributed by atoms with Gasteiger partial charge in [0.05, 0.1) is 0 Å². The van der Waals surface area contributed by atoms with Crippen LogP contribution in [0.25, 0.3) is 0 Å². The van der Waals surface area contributed by atoms with Crippen LogP contribution in [0.15, 0.2) is 42.6 Å². The van der Waals surface area contributed by atoms with Gasteiger partial charge in [-0.25, -0.2) is 0 Å². The normalized spacial score (nSPS) is 14.9. The average molecular weight is 358 g/mol. The summed E-state index contributed by atoms with van der Waals surface area (Å²) in [7, 11) is 0. The van der Waals surface area contributed by atoms with Crippen molar-refractivity contribution in [3.63, 3.8) is 0 Å². The summed E-state index contributed by atoms with van der Waals surface area (Å²) >= 11 is 5.88. The van der Waals surface area contributed by atoms with E-state index >= 15 is 0 Å². The molecule has 4 nitrogen and oxygen atoms in total. The average Bonchev–Trinajstić information content (AvgIpc) is 2.64. The molecule has 1 fully saturated rings. The largest absolute Gasteiger partial charge is 0.382 e. The highest BCUT2D eigenvalue weighted by atomic mass is 35.5. The van der Waals surface area contributed by atoms with E-state index in [0.29, 0.717) is 18.3 Å². The number of carbonyl (C=O) groups is 1. The van der Waals surface area contributed by atoms with Gasteiger partial charge < -0.3 is 10.6 Å². The smallest absolute Gasteiger partial charge is 0.269 e. The monoisotopic (exact) mass is 357 g/mol. The van der Waals surface area contributed by atoms with Crippen molar-refractivity contribution in [3.8, 4) is 0 Å². The molecule has 0 unspecified atom stereocenters. The van der Waals surface area contributed by atoms with Gasteiger partial charge >= 0.3 is 0 Å². The molecule has 1 amide bonds. The molecule has 2 aromatic rings. The number of amides is 1. The molecule has 1 aromatic carbocycles. The minimum absolute atomic E-state index is 0.138. The molecule has 5 heteroatoms. The number of halogens is 1. The second-order valence-electron chi connectivity index (χ2n) is 6.54. The Bertz CT molecular complexity index is 696. The van der Waals surface area contributed by atoms with Crippen LogP contribution >= 0.6 is 11.6 Å². The van der Waals surface area contributed by atoms with Crippen molar-refractivity contribution in [3.05, 3.63) is 58.9 Å². The van der Waals surface area contributed by atoms with E-state index in [4.69, 9.17) is 11.6 Å². The van der Waals surface area contributed by atoms with Crippen LogP contribution in [0.2, 0.25) is 5.02 Å². The lowest BCUT2D eigenvalue weighted by molar-refractivity contribution is 0.0949. The van der Waals surface area contributed by atoms with Gasteiger partial charge in [0.1, 0.15) is 5.69 Å². The minimum atomic E-state index is -0.138. The molecule has 132 valence electrons. The maximum absolute atomic E-state index is 12.3. The van der Waals surface area contributed by atoms with Crippen molar-refractivity contribution < 1.29 is 4.79 Å². The van der Waals surface area contributed by atoms with Crippen molar-refractivity contribution in [2.45, 2.75) is 44.6 Å². The second kappa shape index (κ2) is 8.86. The first-order valence-electron chi connectivity index (χ1n) is 8.96. The van der Waals surface area contributed by atoms with E-state index in [2.05, 4.69) is 15.6 Å². The molecule has 1 aliphatic carbocycles. The molecule has 1 saturated carbocycles. The molecule has 0 atom stereocenters. The molecule has 1 heterocycles. The van der Waals surface area contributed by atoms with Gasteiger partial charge in [-0.2, -0.15) is 0 Å². The van der Waals surface area contributed by atoms with Gasteiger partial charge in [0.25, 0.3) is 5.91 Å². The zero-order chi connectivity index (χ0) is 17.5. The topological polar surface area (TPSA) is 54.0 Å². The van der Waals surface area contributed by atoms with Gasteiger partial charge in [-0.05, 0) is 49.1 Å². The molecule has 0 spiro atoms. The number of benzene rings is 1. The summed E-state index contributed by atoms with van der Waals surface area (Å²) in [5.41, 5.74) is 2.58. The van der Waals surface area contributed by atoms with Crippen LogP contribution in [0.3, 0.4) is 0 Å². The van der Waals surface area contributed by atoms with Crippen LogP contribution < -0.4 is 10.6 Å². The van der Waals surface area contributed by atoms with Gasteiger partial charge in [0.2, 0.25) is 0 Å². The molecule has 1 aromatic heterocycles. The first-order valence-corrected chi connectivity index (χ1v) is 9.34. The molecular weight excluding hydrogens is 334 g/mol. The predicted octanol–water partition coefficient (Wildman–Crippen LogP) is 4.45. The first-order chi connectivity index (χ1) is 12.2. The Kier molecular flexibility index (Phi) is 6.29. The van der Waals surface area contributed by atoms with Gasteiger partial charge in [-0.1, -0.05) is 43.0 Å². The van der Waals surface area contributed by atoms with E-state index in [1.807, 2.05) is 36.4 Å². The Morgan fingerprint density at radius 3 is 2.64 bits per heavy atom. The van der Waals surface area contributed by atoms with Crippen LogP contribution in [0.4, 0.5) is 5.69 Å². The number of nitrogens with one attached hydrogen (secondary N) is 2. The standard InChI is InChI=1S/C20H24ClN3O/c21-16-8-6-15(7-9-16)10-12-23-20(25)19-14-18(11-13-22-19)24-17-4-2-1-3-5-17/h6-9,11,13-14,17H,1-5,10,12H2,(H,22,24)(H,23,25). The second-order valence-corrected chi connectivity index (χ2v) is 6.98. The Hall–Kier alpha value is -2.07. The van der Waals surface area contributed by atoms with E-state index in [1.165, 1.54) is 32.1 Å². The fourth-order valence-corrected chi connectivity index (χ4v) is 3.32. The number of pyridine rings is 1. The third-order valence-corrected chi connectivity index (χ3v) is 4.83. The third-order valence-electron chi connectivity index (χ3n) is 4.58. The van der Waals surface area contributed by atoms with Gasteiger partial charge in [0.15, 0.2) is 0 Å². The fraction of sp³-hybridized carbons (Fsp3) is 0.400. The molecule has 0 aliphatic heterocycles.